The second-order valence-corrected chi connectivity index (χ2v) is 8.95. The second kappa shape index (κ2) is 7.69. The second-order valence-electron chi connectivity index (χ2n) is 8.95. The van der Waals surface area contributed by atoms with Crippen molar-refractivity contribution in [1.82, 2.24) is 9.80 Å². The van der Waals surface area contributed by atoms with Gasteiger partial charge in [-0.2, -0.15) is 0 Å². The Morgan fingerprint density at radius 2 is 1.77 bits per heavy atom. The number of hydrogen-bond donors (Lipinski definition) is 1. The highest BCUT2D eigenvalue weighted by Gasteiger charge is 2.59. The molecule has 8 heteroatoms. The lowest BCUT2D eigenvalue weighted by Gasteiger charge is -2.52. The van der Waals surface area contributed by atoms with Crippen molar-refractivity contribution in [2.24, 2.45) is 22.1 Å². The van der Waals surface area contributed by atoms with Crippen LogP contribution in [0.15, 0.2) is 4.99 Å². The summed E-state index contributed by atoms with van der Waals surface area (Å²) in [4.78, 5) is 20.8. The maximum Gasteiger partial charge on any atom is 0.410 e. The molecule has 2 heterocycles. The van der Waals surface area contributed by atoms with Gasteiger partial charge in [-0.05, 0) is 27.2 Å². The van der Waals surface area contributed by atoms with Gasteiger partial charge in [0, 0.05) is 44.1 Å². The van der Waals surface area contributed by atoms with Gasteiger partial charge >= 0.3 is 6.09 Å². The Morgan fingerprint density at radius 3 is 2.35 bits per heavy atom. The Kier molecular flexibility index (Phi) is 6.37. The van der Waals surface area contributed by atoms with Gasteiger partial charge in [-0.3, -0.25) is 0 Å². The third-order valence-electron chi connectivity index (χ3n) is 5.57. The Hall–Kier alpha value is -0.770. The van der Waals surface area contributed by atoms with Crippen LogP contribution in [0.1, 0.15) is 41.0 Å². The number of hydrogen-bond acceptors (Lipinski definition) is 4. The predicted molar refractivity (Wildman–Crippen MR) is 112 cm³/mol. The maximum atomic E-state index is 12.1. The number of carbonyl (C=O) groups excluding carboxylic acids is 1. The third kappa shape index (κ3) is 4.21. The van der Waals surface area contributed by atoms with E-state index in [0.717, 1.165) is 13.0 Å². The molecule has 0 aromatic heterocycles. The van der Waals surface area contributed by atoms with Gasteiger partial charge in [0.1, 0.15) is 5.60 Å². The van der Waals surface area contributed by atoms with E-state index < -0.39 is 5.60 Å². The van der Waals surface area contributed by atoms with E-state index >= 15 is 0 Å². The molecule has 0 radical (unpaired) electrons. The normalized spacial score (nSPS) is 31.0. The first-order valence-electron chi connectivity index (χ1n) is 9.27. The fraction of sp³-hybridized carbons (Fsp3) is 0.889. The largest absolute Gasteiger partial charge is 0.444 e. The van der Waals surface area contributed by atoms with Crippen LogP contribution in [0.4, 0.5) is 4.79 Å². The zero-order valence-electron chi connectivity index (χ0n) is 16.5. The summed E-state index contributed by atoms with van der Waals surface area (Å²) in [5, 5.41) is 0. The highest BCUT2D eigenvalue weighted by molar-refractivity contribution is 14.0. The van der Waals surface area contributed by atoms with Crippen molar-refractivity contribution in [3.8, 4) is 0 Å². The number of halogens is 1. The minimum absolute atomic E-state index is 0. The van der Waals surface area contributed by atoms with Crippen LogP contribution in [-0.4, -0.2) is 72.4 Å². The molecule has 7 nitrogen and oxygen atoms in total. The molecule has 1 saturated carbocycles. The van der Waals surface area contributed by atoms with Crippen LogP contribution < -0.4 is 5.73 Å². The molecule has 3 rings (SSSR count). The molecule has 0 aromatic carbocycles. The quantitative estimate of drug-likeness (QED) is 0.354. The van der Waals surface area contributed by atoms with Crippen LogP contribution in [0.25, 0.3) is 0 Å². The van der Waals surface area contributed by atoms with E-state index in [1.54, 1.807) is 4.90 Å². The first-order valence-corrected chi connectivity index (χ1v) is 9.27. The molecule has 3 atom stereocenters. The number of aliphatic imine (C=N–C) groups is 1. The lowest BCUT2D eigenvalue weighted by molar-refractivity contribution is -0.0988. The number of amides is 1. The molecule has 1 amide bonds. The first-order chi connectivity index (χ1) is 11.6. The van der Waals surface area contributed by atoms with Gasteiger partial charge in [-0.1, -0.05) is 13.8 Å². The monoisotopic (exact) mass is 480 g/mol. The molecule has 2 aliphatic heterocycles. The Bertz CT molecular complexity index is 553. The fourth-order valence-electron chi connectivity index (χ4n) is 4.23. The average Bonchev–Trinajstić information content (AvgIpc) is 2.98. The van der Waals surface area contributed by atoms with Crippen molar-refractivity contribution in [3.63, 3.8) is 0 Å². The highest BCUT2D eigenvalue weighted by Crippen LogP contribution is 2.53. The number of rotatable bonds is 1. The van der Waals surface area contributed by atoms with Gasteiger partial charge < -0.3 is 25.0 Å². The summed E-state index contributed by atoms with van der Waals surface area (Å²) in [6.45, 7) is 13.5. The van der Waals surface area contributed by atoms with Gasteiger partial charge in [0.05, 0.1) is 12.1 Å². The zero-order chi connectivity index (χ0) is 18.4. The summed E-state index contributed by atoms with van der Waals surface area (Å²) in [6.07, 6.45) is 1.13. The molecule has 26 heavy (non-hydrogen) atoms. The summed E-state index contributed by atoms with van der Waals surface area (Å²) in [7, 11) is 0. The number of guanidine groups is 1. The minimum atomic E-state index is -0.468. The van der Waals surface area contributed by atoms with E-state index in [1.807, 2.05) is 20.8 Å². The summed E-state index contributed by atoms with van der Waals surface area (Å²) < 4.78 is 11.3. The highest BCUT2D eigenvalue weighted by atomic mass is 127. The summed E-state index contributed by atoms with van der Waals surface area (Å²) in [6, 6.07) is 0.226. The van der Waals surface area contributed by atoms with Crippen molar-refractivity contribution >= 4 is 36.0 Å². The first kappa shape index (κ1) is 21.5. The van der Waals surface area contributed by atoms with Crippen LogP contribution in [0, 0.1) is 11.3 Å². The molecule has 2 N–H and O–H groups in total. The third-order valence-corrected chi connectivity index (χ3v) is 5.57. The Balaban J connectivity index is 0.00000243. The van der Waals surface area contributed by atoms with Crippen LogP contribution in [0.2, 0.25) is 0 Å². The van der Waals surface area contributed by atoms with Crippen molar-refractivity contribution in [3.05, 3.63) is 0 Å². The van der Waals surface area contributed by atoms with Gasteiger partial charge in [-0.25, -0.2) is 9.79 Å². The topological polar surface area (TPSA) is 80.4 Å². The van der Waals surface area contributed by atoms with Crippen LogP contribution in [-0.2, 0) is 9.47 Å². The molecular weight excluding hydrogens is 447 g/mol. The molecule has 150 valence electrons. The van der Waals surface area contributed by atoms with Crippen molar-refractivity contribution in [1.29, 1.82) is 0 Å². The van der Waals surface area contributed by atoms with E-state index in [-0.39, 0.29) is 41.5 Å². The molecular formula is C18H33IN4O3. The van der Waals surface area contributed by atoms with Crippen molar-refractivity contribution in [2.75, 3.05) is 32.8 Å². The zero-order valence-corrected chi connectivity index (χ0v) is 18.9. The Labute approximate surface area is 173 Å². The smallest absolute Gasteiger partial charge is 0.410 e. The van der Waals surface area contributed by atoms with Crippen LogP contribution in [0.5, 0.6) is 0 Å². The van der Waals surface area contributed by atoms with E-state index in [0.29, 0.717) is 44.2 Å². The van der Waals surface area contributed by atoms with E-state index in [9.17, 15) is 4.79 Å². The number of nitrogens with zero attached hydrogens (tertiary/aromatic N) is 3. The van der Waals surface area contributed by atoms with Crippen LogP contribution >= 0.6 is 24.0 Å². The summed E-state index contributed by atoms with van der Waals surface area (Å²) in [5.74, 6) is 1.09. The molecule has 0 aromatic rings. The molecule has 0 bridgehead atoms. The fourth-order valence-corrected chi connectivity index (χ4v) is 4.23. The predicted octanol–water partition coefficient (Wildman–Crippen LogP) is 2.29. The molecule has 3 aliphatic rings. The van der Waals surface area contributed by atoms with Gasteiger partial charge in [0.25, 0.3) is 0 Å². The van der Waals surface area contributed by atoms with Crippen LogP contribution in [0.3, 0.4) is 0 Å². The number of ether oxygens (including phenoxy) is 2. The van der Waals surface area contributed by atoms with Gasteiger partial charge in [-0.15, -0.1) is 24.0 Å². The van der Waals surface area contributed by atoms with E-state index in [2.05, 4.69) is 18.7 Å². The molecule has 3 fully saturated rings. The lowest BCUT2D eigenvalue weighted by atomic mass is 9.57. The standard InChI is InChI=1S/C18H32N4O3.HI/c1-17(2,3)25-16(23)22-9-7-21(8-10-22)15(19)20-13-12-6-11-24-14(12)18(13,4)5;/h12-14H,6-11H2,1-5H3,(H2,19,20);1H. The maximum absolute atomic E-state index is 12.1. The number of fused-ring (bicyclic) bond motifs is 1. The number of nitrogens with two attached hydrogens (primary N) is 1. The Morgan fingerprint density at radius 1 is 1.19 bits per heavy atom. The van der Waals surface area contributed by atoms with E-state index in [4.69, 9.17) is 20.2 Å². The van der Waals surface area contributed by atoms with Crippen molar-refractivity contribution < 1.29 is 14.3 Å². The number of carbonyl (C=O) groups is 1. The SMILES string of the molecule is CC(C)(C)OC(=O)N1CCN(C(N)=NC2C3CCOC3C2(C)C)CC1.I. The molecule has 3 unspecified atom stereocenters. The van der Waals surface area contributed by atoms with Crippen molar-refractivity contribution in [2.45, 2.75) is 58.8 Å². The number of piperazine rings is 1. The van der Waals surface area contributed by atoms with Gasteiger partial charge in [0.2, 0.25) is 0 Å². The summed E-state index contributed by atoms with van der Waals surface area (Å²) >= 11 is 0. The molecule has 1 aliphatic carbocycles. The van der Waals surface area contributed by atoms with E-state index in [1.165, 1.54) is 0 Å². The molecule has 0 spiro atoms. The van der Waals surface area contributed by atoms with Gasteiger partial charge in [0.15, 0.2) is 5.96 Å². The lowest BCUT2D eigenvalue weighted by Crippen LogP contribution is -2.60. The molecule has 2 saturated heterocycles. The minimum Gasteiger partial charge on any atom is -0.444 e. The summed E-state index contributed by atoms with van der Waals surface area (Å²) in [5.41, 5.74) is 5.86. The average molecular weight is 480 g/mol.